The molecule has 1 N–H and O–H groups in total. The van der Waals surface area contributed by atoms with Crippen molar-refractivity contribution in [1.29, 1.82) is 0 Å². The minimum Gasteiger partial charge on any atom is -0.326 e. The third kappa shape index (κ3) is 5.21. The summed E-state index contributed by atoms with van der Waals surface area (Å²) in [6, 6.07) is 14.8. The number of carbonyl (C=O) groups is 1. The van der Waals surface area contributed by atoms with E-state index in [1.54, 1.807) is 19.1 Å². The summed E-state index contributed by atoms with van der Waals surface area (Å²) < 4.78 is 23.0. The highest BCUT2D eigenvalue weighted by atomic mass is 32.2. The zero-order valence-electron chi connectivity index (χ0n) is 13.4. The Balaban J connectivity index is 1.90. The van der Waals surface area contributed by atoms with E-state index in [0.29, 0.717) is 12.1 Å². The second kappa shape index (κ2) is 7.42. The van der Waals surface area contributed by atoms with E-state index in [1.165, 1.54) is 17.9 Å². The summed E-state index contributed by atoms with van der Waals surface area (Å²) in [5.41, 5.74) is 2.61. The van der Waals surface area contributed by atoms with Crippen molar-refractivity contribution in [3.8, 4) is 0 Å². The molecule has 0 radical (unpaired) electrons. The molecule has 0 aliphatic rings. The van der Waals surface area contributed by atoms with Gasteiger partial charge in [0.15, 0.2) is 9.84 Å². The maximum absolute atomic E-state index is 12.0. The van der Waals surface area contributed by atoms with Gasteiger partial charge in [0.2, 0.25) is 5.91 Å². The lowest BCUT2D eigenvalue weighted by Crippen LogP contribution is -2.12. The fraction of sp³-hybridized carbons (Fsp3) is 0.278. The first-order valence-electron chi connectivity index (χ1n) is 7.51. The first kappa shape index (κ1) is 17.2. The Morgan fingerprint density at radius 3 is 2.39 bits per heavy atom. The number of sulfone groups is 1. The molecule has 0 aliphatic carbocycles. The third-order valence-corrected chi connectivity index (χ3v) is 4.72. The highest BCUT2D eigenvalue weighted by Gasteiger charge is 2.10. The molecule has 2 rings (SSSR count). The Morgan fingerprint density at radius 2 is 1.78 bits per heavy atom. The number of benzene rings is 2. The van der Waals surface area contributed by atoms with Gasteiger partial charge in [-0.05, 0) is 49.1 Å². The molecule has 1 amide bonds. The zero-order valence-corrected chi connectivity index (χ0v) is 14.2. The molecule has 0 saturated heterocycles. The summed E-state index contributed by atoms with van der Waals surface area (Å²) in [5.74, 6) is -0.0591. The van der Waals surface area contributed by atoms with Crippen molar-refractivity contribution >= 4 is 21.4 Å². The number of aryl methyl sites for hydroxylation is 2. The van der Waals surface area contributed by atoms with Gasteiger partial charge in [-0.25, -0.2) is 8.42 Å². The van der Waals surface area contributed by atoms with E-state index >= 15 is 0 Å². The van der Waals surface area contributed by atoms with Crippen LogP contribution in [0.4, 0.5) is 5.69 Å². The number of anilines is 1. The van der Waals surface area contributed by atoms with E-state index in [0.717, 1.165) is 18.4 Å². The Bertz CT molecular complexity index is 783. The summed E-state index contributed by atoms with van der Waals surface area (Å²) in [6.07, 6.45) is 3.24. The summed E-state index contributed by atoms with van der Waals surface area (Å²) in [6.45, 7) is 1.79. The molecule has 0 unspecified atom stereocenters. The monoisotopic (exact) mass is 331 g/mol. The topological polar surface area (TPSA) is 63.2 Å². The van der Waals surface area contributed by atoms with Crippen LogP contribution in [-0.2, 0) is 21.1 Å². The van der Waals surface area contributed by atoms with Crippen LogP contribution in [-0.4, -0.2) is 20.6 Å². The average molecular weight is 331 g/mol. The summed E-state index contributed by atoms with van der Waals surface area (Å²) in [7, 11) is -3.23. The Kier molecular flexibility index (Phi) is 5.55. The van der Waals surface area contributed by atoms with Gasteiger partial charge in [-0.1, -0.05) is 30.3 Å². The maximum atomic E-state index is 12.0. The average Bonchev–Trinajstić information content (AvgIpc) is 2.49. The fourth-order valence-electron chi connectivity index (χ4n) is 2.32. The van der Waals surface area contributed by atoms with Crippen LogP contribution in [0, 0.1) is 6.92 Å². The van der Waals surface area contributed by atoms with Gasteiger partial charge in [-0.15, -0.1) is 0 Å². The van der Waals surface area contributed by atoms with E-state index < -0.39 is 9.84 Å². The van der Waals surface area contributed by atoms with Crippen LogP contribution in [0.1, 0.15) is 24.0 Å². The molecule has 2 aromatic rings. The first-order chi connectivity index (χ1) is 10.9. The molecule has 0 aromatic heterocycles. The van der Waals surface area contributed by atoms with E-state index in [1.807, 2.05) is 30.3 Å². The molecule has 0 atom stereocenters. The highest BCUT2D eigenvalue weighted by molar-refractivity contribution is 7.90. The van der Waals surface area contributed by atoms with E-state index in [2.05, 4.69) is 5.32 Å². The Labute approximate surface area is 137 Å². The van der Waals surface area contributed by atoms with Crippen molar-refractivity contribution in [3.05, 3.63) is 59.7 Å². The molecule has 0 spiro atoms. The van der Waals surface area contributed by atoms with Crippen molar-refractivity contribution in [1.82, 2.24) is 0 Å². The fourth-order valence-corrected chi connectivity index (χ4v) is 3.02. The molecule has 0 aliphatic heterocycles. The molecule has 2 aromatic carbocycles. The molecule has 4 nitrogen and oxygen atoms in total. The van der Waals surface area contributed by atoms with Crippen LogP contribution in [0.25, 0.3) is 0 Å². The van der Waals surface area contributed by atoms with Gasteiger partial charge in [0, 0.05) is 18.4 Å². The van der Waals surface area contributed by atoms with Gasteiger partial charge in [0.1, 0.15) is 0 Å². The molecule has 23 heavy (non-hydrogen) atoms. The van der Waals surface area contributed by atoms with Crippen LogP contribution in [0.3, 0.4) is 0 Å². The van der Waals surface area contributed by atoms with Crippen LogP contribution in [0.15, 0.2) is 53.4 Å². The van der Waals surface area contributed by atoms with Gasteiger partial charge < -0.3 is 5.32 Å². The molecule has 5 heteroatoms. The zero-order chi connectivity index (χ0) is 16.9. The van der Waals surface area contributed by atoms with E-state index in [9.17, 15) is 13.2 Å². The number of amides is 1. The molecule has 0 bridgehead atoms. The third-order valence-electron chi connectivity index (χ3n) is 3.61. The number of hydrogen-bond donors (Lipinski definition) is 1. The normalized spacial score (nSPS) is 11.2. The second-order valence-electron chi connectivity index (χ2n) is 5.64. The minimum absolute atomic E-state index is 0.0591. The Morgan fingerprint density at radius 1 is 1.09 bits per heavy atom. The van der Waals surface area contributed by atoms with Crippen LogP contribution in [0.2, 0.25) is 0 Å². The van der Waals surface area contributed by atoms with Crippen LogP contribution < -0.4 is 5.32 Å². The lowest BCUT2D eigenvalue weighted by molar-refractivity contribution is -0.116. The van der Waals surface area contributed by atoms with Crippen molar-refractivity contribution < 1.29 is 13.2 Å². The van der Waals surface area contributed by atoms with Crippen molar-refractivity contribution in [2.24, 2.45) is 0 Å². The molecule has 0 heterocycles. The minimum atomic E-state index is -3.23. The molecular formula is C18H21NO3S. The SMILES string of the molecule is Cc1cc(S(C)(=O)=O)ccc1NC(=O)CCCc1ccccc1. The quantitative estimate of drug-likeness (QED) is 0.883. The molecule has 0 saturated carbocycles. The van der Waals surface area contributed by atoms with E-state index in [4.69, 9.17) is 0 Å². The van der Waals surface area contributed by atoms with Gasteiger partial charge >= 0.3 is 0 Å². The second-order valence-corrected chi connectivity index (χ2v) is 7.65. The Hall–Kier alpha value is -2.14. The number of carbonyl (C=O) groups excluding carboxylic acids is 1. The van der Waals surface area contributed by atoms with Crippen LogP contribution in [0.5, 0.6) is 0 Å². The number of rotatable bonds is 6. The molecule has 122 valence electrons. The smallest absolute Gasteiger partial charge is 0.224 e. The van der Waals surface area contributed by atoms with Gasteiger partial charge in [-0.3, -0.25) is 4.79 Å². The van der Waals surface area contributed by atoms with Gasteiger partial charge in [0.05, 0.1) is 4.90 Å². The highest BCUT2D eigenvalue weighted by Crippen LogP contribution is 2.20. The predicted molar refractivity (Wildman–Crippen MR) is 92.3 cm³/mol. The largest absolute Gasteiger partial charge is 0.326 e. The number of hydrogen-bond acceptors (Lipinski definition) is 3. The van der Waals surface area contributed by atoms with Gasteiger partial charge in [0.25, 0.3) is 0 Å². The van der Waals surface area contributed by atoms with Gasteiger partial charge in [-0.2, -0.15) is 0 Å². The van der Waals surface area contributed by atoms with Crippen molar-refractivity contribution in [2.75, 3.05) is 11.6 Å². The van der Waals surface area contributed by atoms with Crippen molar-refractivity contribution in [2.45, 2.75) is 31.1 Å². The number of nitrogens with one attached hydrogen (secondary N) is 1. The summed E-state index contributed by atoms with van der Waals surface area (Å²) in [5, 5.41) is 2.84. The summed E-state index contributed by atoms with van der Waals surface area (Å²) >= 11 is 0. The molecular weight excluding hydrogens is 310 g/mol. The first-order valence-corrected chi connectivity index (χ1v) is 9.40. The van der Waals surface area contributed by atoms with Crippen LogP contribution >= 0.6 is 0 Å². The lowest BCUT2D eigenvalue weighted by atomic mass is 10.1. The summed E-state index contributed by atoms with van der Waals surface area (Å²) in [4.78, 5) is 12.3. The lowest BCUT2D eigenvalue weighted by Gasteiger charge is -2.10. The van der Waals surface area contributed by atoms with Crippen molar-refractivity contribution in [3.63, 3.8) is 0 Å². The predicted octanol–water partition coefficient (Wildman–Crippen LogP) is 3.36. The standard InChI is InChI=1S/C18H21NO3S/c1-14-13-16(23(2,21)22)11-12-17(14)19-18(20)10-6-9-15-7-4-3-5-8-15/h3-5,7-8,11-13H,6,9-10H2,1-2H3,(H,19,20). The molecule has 0 fully saturated rings. The van der Waals surface area contributed by atoms with E-state index in [-0.39, 0.29) is 10.8 Å². The maximum Gasteiger partial charge on any atom is 0.224 e.